The summed E-state index contributed by atoms with van der Waals surface area (Å²) in [6.07, 6.45) is 2.79. The first-order chi connectivity index (χ1) is 9.97. The van der Waals surface area contributed by atoms with Gasteiger partial charge in [0.05, 0.1) is 6.61 Å². The fraction of sp³-hybridized carbons (Fsp3) is 0.733. The Balaban J connectivity index is 3.36. The molecule has 0 heterocycles. The summed E-state index contributed by atoms with van der Waals surface area (Å²) < 4.78 is 9.79. The van der Waals surface area contributed by atoms with Crippen molar-refractivity contribution in [1.29, 1.82) is 0 Å². The van der Waals surface area contributed by atoms with Crippen molar-refractivity contribution in [1.82, 2.24) is 10.6 Å². The molecule has 0 bridgehead atoms. The highest BCUT2D eigenvalue weighted by atomic mass is 16.6. The average molecular weight is 300 g/mol. The van der Waals surface area contributed by atoms with Crippen LogP contribution in [0.25, 0.3) is 0 Å². The number of carbonyl (C=O) groups is 2. The molecule has 2 N–H and O–H groups in total. The van der Waals surface area contributed by atoms with Crippen LogP contribution in [0.5, 0.6) is 0 Å². The summed E-state index contributed by atoms with van der Waals surface area (Å²) in [5.41, 5.74) is 0. The lowest BCUT2D eigenvalue weighted by molar-refractivity contribution is 0.113. The minimum atomic E-state index is -0.424. The van der Waals surface area contributed by atoms with Crippen molar-refractivity contribution < 1.29 is 19.1 Å². The molecule has 0 aliphatic rings. The molecule has 21 heavy (non-hydrogen) atoms. The zero-order chi connectivity index (χ0) is 16.1. The van der Waals surface area contributed by atoms with Crippen LogP contribution in [-0.4, -0.2) is 38.0 Å². The molecule has 0 rings (SSSR count). The maximum Gasteiger partial charge on any atom is 0.407 e. The number of hydrogen-bond acceptors (Lipinski definition) is 4. The predicted octanol–water partition coefficient (Wildman–Crippen LogP) is 2.84. The van der Waals surface area contributed by atoms with Crippen LogP contribution >= 0.6 is 0 Å². The molecule has 0 fully saturated rings. The minimum Gasteiger partial charge on any atom is -0.450 e. The standard InChI is InChI=1S/C15H28N2O4/c1-5-20-14(18)16-10-8-6-7-9-11-17-15(19)21-13(4)12(2)3/h13H,1,5-11H2,2-4H3,(H,16,18)(H,17,19). The van der Waals surface area contributed by atoms with E-state index in [1.165, 1.54) is 0 Å². The summed E-state index contributed by atoms with van der Waals surface area (Å²) >= 11 is 0. The van der Waals surface area contributed by atoms with E-state index in [1.807, 2.05) is 20.8 Å². The predicted molar refractivity (Wildman–Crippen MR) is 81.7 cm³/mol. The van der Waals surface area contributed by atoms with Crippen LogP contribution in [0.1, 0.15) is 46.5 Å². The van der Waals surface area contributed by atoms with E-state index in [0.29, 0.717) is 13.1 Å². The number of ether oxygens (including phenoxy) is 2. The fourth-order valence-electron chi connectivity index (χ4n) is 1.45. The maximum absolute atomic E-state index is 11.4. The largest absolute Gasteiger partial charge is 0.450 e. The summed E-state index contributed by atoms with van der Waals surface area (Å²) in [6, 6.07) is 0. The third-order valence-electron chi connectivity index (χ3n) is 2.97. The topological polar surface area (TPSA) is 76.7 Å². The SMILES string of the molecule is [CH2]COC(=O)NCCCCCCNC(=O)OC(C)[C](C)C. The molecule has 0 aromatic heterocycles. The Bertz CT molecular complexity index is 295. The normalized spacial score (nSPS) is 11.9. The Labute approximate surface area is 127 Å². The van der Waals surface area contributed by atoms with E-state index in [4.69, 9.17) is 4.74 Å². The molecule has 122 valence electrons. The van der Waals surface area contributed by atoms with Crippen molar-refractivity contribution in [3.63, 3.8) is 0 Å². The minimum absolute atomic E-state index is 0.140. The second-order valence-corrected chi connectivity index (χ2v) is 5.03. The molecular weight excluding hydrogens is 272 g/mol. The second kappa shape index (κ2) is 12.3. The number of alkyl carbamates (subject to hydrolysis) is 2. The number of carbonyl (C=O) groups excluding carboxylic acids is 2. The van der Waals surface area contributed by atoms with Gasteiger partial charge in [-0.1, -0.05) is 26.7 Å². The molecule has 2 radical (unpaired) electrons. The van der Waals surface area contributed by atoms with Crippen molar-refractivity contribution >= 4 is 12.2 Å². The lowest BCUT2D eigenvalue weighted by Crippen LogP contribution is -2.30. The Morgan fingerprint density at radius 3 is 2.00 bits per heavy atom. The molecule has 0 aliphatic carbocycles. The van der Waals surface area contributed by atoms with Gasteiger partial charge in [0.2, 0.25) is 0 Å². The lowest BCUT2D eigenvalue weighted by atomic mass is 10.1. The second-order valence-electron chi connectivity index (χ2n) is 5.03. The number of unbranched alkanes of at least 4 members (excludes halogenated alkanes) is 3. The first-order valence-corrected chi connectivity index (χ1v) is 7.41. The van der Waals surface area contributed by atoms with Gasteiger partial charge in [0.1, 0.15) is 6.10 Å². The summed E-state index contributed by atoms with van der Waals surface area (Å²) in [5, 5.41) is 5.35. The van der Waals surface area contributed by atoms with Gasteiger partial charge in [0.15, 0.2) is 0 Å². The summed E-state index contributed by atoms with van der Waals surface area (Å²) in [4.78, 5) is 22.4. The highest BCUT2D eigenvalue weighted by Gasteiger charge is 2.12. The van der Waals surface area contributed by atoms with E-state index in [9.17, 15) is 9.59 Å². The molecule has 6 nitrogen and oxygen atoms in total. The van der Waals surface area contributed by atoms with Crippen molar-refractivity contribution in [3.05, 3.63) is 12.8 Å². The third kappa shape index (κ3) is 12.0. The van der Waals surface area contributed by atoms with Gasteiger partial charge in [-0.3, -0.25) is 0 Å². The van der Waals surface area contributed by atoms with E-state index < -0.39 is 6.09 Å². The van der Waals surface area contributed by atoms with E-state index >= 15 is 0 Å². The number of hydrogen-bond donors (Lipinski definition) is 2. The number of rotatable bonds is 10. The highest BCUT2D eigenvalue weighted by Crippen LogP contribution is 2.07. The van der Waals surface area contributed by atoms with Crippen LogP contribution < -0.4 is 10.6 Å². The first kappa shape index (κ1) is 19.5. The van der Waals surface area contributed by atoms with E-state index in [-0.39, 0.29) is 18.8 Å². The van der Waals surface area contributed by atoms with Crippen LogP contribution in [0.15, 0.2) is 0 Å². The molecule has 6 heteroatoms. The van der Waals surface area contributed by atoms with Gasteiger partial charge in [0, 0.05) is 19.0 Å². The number of amides is 2. The van der Waals surface area contributed by atoms with Gasteiger partial charge in [-0.15, -0.1) is 0 Å². The third-order valence-corrected chi connectivity index (χ3v) is 2.97. The van der Waals surface area contributed by atoms with Gasteiger partial charge in [-0.25, -0.2) is 9.59 Å². The quantitative estimate of drug-likeness (QED) is 0.608. The van der Waals surface area contributed by atoms with Crippen molar-refractivity contribution in [2.75, 3.05) is 19.7 Å². The molecule has 1 unspecified atom stereocenters. The van der Waals surface area contributed by atoms with Crippen molar-refractivity contribution in [2.45, 2.75) is 52.6 Å². The molecule has 0 aromatic carbocycles. The van der Waals surface area contributed by atoms with Crippen LogP contribution in [0.4, 0.5) is 9.59 Å². The van der Waals surface area contributed by atoms with Crippen LogP contribution in [0.3, 0.4) is 0 Å². The molecule has 0 spiro atoms. The average Bonchev–Trinajstić information content (AvgIpc) is 2.41. The van der Waals surface area contributed by atoms with Crippen LogP contribution in [0, 0.1) is 12.8 Å². The molecule has 0 aromatic rings. The van der Waals surface area contributed by atoms with Crippen LogP contribution in [0.2, 0.25) is 0 Å². The molecule has 2 amide bonds. The Morgan fingerprint density at radius 2 is 1.52 bits per heavy atom. The van der Waals surface area contributed by atoms with E-state index in [1.54, 1.807) is 0 Å². The van der Waals surface area contributed by atoms with Crippen molar-refractivity contribution in [3.8, 4) is 0 Å². The molecule has 0 aliphatic heterocycles. The van der Waals surface area contributed by atoms with Crippen molar-refractivity contribution in [2.24, 2.45) is 0 Å². The van der Waals surface area contributed by atoms with Gasteiger partial charge in [-0.05, 0) is 26.7 Å². The summed E-state index contributed by atoms with van der Waals surface area (Å²) in [7, 11) is 0. The monoisotopic (exact) mass is 300 g/mol. The number of nitrogens with one attached hydrogen (secondary N) is 2. The zero-order valence-electron chi connectivity index (χ0n) is 13.4. The van der Waals surface area contributed by atoms with Crippen LogP contribution in [-0.2, 0) is 9.47 Å². The first-order valence-electron chi connectivity index (χ1n) is 7.41. The molecular formula is C15H28N2O4. The molecule has 0 saturated heterocycles. The Kier molecular flexibility index (Phi) is 11.4. The summed E-state index contributed by atoms with van der Waals surface area (Å²) in [5.74, 6) is 1.06. The lowest BCUT2D eigenvalue weighted by Gasteiger charge is -2.16. The van der Waals surface area contributed by atoms with E-state index in [2.05, 4.69) is 22.3 Å². The van der Waals surface area contributed by atoms with Gasteiger partial charge < -0.3 is 20.1 Å². The Morgan fingerprint density at radius 1 is 1.00 bits per heavy atom. The maximum atomic E-state index is 11.4. The molecule has 0 saturated carbocycles. The smallest absolute Gasteiger partial charge is 0.407 e. The molecule has 1 atom stereocenters. The van der Waals surface area contributed by atoms with E-state index in [0.717, 1.165) is 31.6 Å². The zero-order valence-corrected chi connectivity index (χ0v) is 13.4. The highest BCUT2D eigenvalue weighted by molar-refractivity contribution is 5.67. The fourth-order valence-corrected chi connectivity index (χ4v) is 1.45. The summed E-state index contributed by atoms with van der Waals surface area (Å²) in [6.45, 7) is 10.5. The Hall–Kier alpha value is -1.46. The van der Waals surface area contributed by atoms with Gasteiger partial charge in [0.25, 0.3) is 0 Å². The van der Waals surface area contributed by atoms with Gasteiger partial charge in [-0.2, -0.15) is 0 Å². The van der Waals surface area contributed by atoms with Gasteiger partial charge >= 0.3 is 12.2 Å².